The molecule has 0 spiro atoms. The smallest absolute Gasteiger partial charge is 0.327 e. The first-order valence-electron chi connectivity index (χ1n) is 11.0. The monoisotopic (exact) mass is 463 g/mol. The van der Waals surface area contributed by atoms with E-state index >= 15 is 0 Å². The number of hydrogen-bond donors (Lipinski definition) is 1. The standard InChI is InChI=1S/C27H21N5O3/c33-26(34)17-32-30-27(29-31-32)22-11-7-19(8-12-22)5-6-20-9-15-24(16-10-20)35-18-23-14-13-21-3-1-2-4-25(21)28-23/h1-16H,17-18H2,(H,33,34)/b6-5+. The highest BCUT2D eigenvalue weighted by atomic mass is 16.5. The van der Waals surface area contributed by atoms with Crippen LogP contribution in [0.3, 0.4) is 0 Å². The minimum Gasteiger partial charge on any atom is -0.487 e. The van der Waals surface area contributed by atoms with Crippen LogP contribution in [0.5, 0.6) is 5.75 Å². The number of carbonyl (C=O) groups is 1. The maximum absolute atomic E-state index is 10.8. The Kier molecular flexibility index (Phi) is 6.25. The van der Waals surface area contributed by atoms with E-state index in [0.29, 0.717) is 12.4 Å². The Bertz CT molecular complexity index is 1490. The molecule has 1 N–H and O–H groups in total. The largest absolute Gasteiger partial charge is 0.487 e. The van der Waals surface area contributed by atoms with Crippen molar-refractivity contribution in [1.82, 2.24) is 25.2 Å². The summed E-state index contributed by atoms with van der Waals surface area (Å²) in [5.41, 5.74) is 4.66. The molecule has 0 amide bonds. The normalized spacial score (nSPS) is 11.2. The Balaban J connectivity index is 1.18. The molecule has 0 saturated carbocycles. The van der Waals surface area contributed by atoms with Gasteiger partial charge in [0.2, 0.25) is 5.82 Å². The average molecular weight is 463 g/mol. The highest BCUT2D eigenvalue weighted by Gasteiger charge is 2.08. The van der Waals surface area contributed by atoms with Crippen molar-refractivity contribution >= 4 is 29.0 Å². The van der Waals surface area contributed by atoms with Gasteiger partial charge in [-0.3, -0.25) is 4.79 Å². The lowest BCUT2D eigenvalue weighted by molar-refractivity contribution is -0.138. The fourth-order valence-corrected chi connectivity index (χ4v) is 3.50. The maximum Gasteiger partial charge on any atom is 0.327 e. The number of para-hydroxylation sites is 1. The summed E-state index contributed by atoms with van der Waals surface area (Å²) in [7, 11) is 0. The van der Waals surface area contributed by atoms with Crippen LogP contribution < -0.4 is 4.74 Å². The van der Waals surface area contributed by atoms with E-state index < -0.39 is 5.97 Å². The molecule has 0 atom stereocenters. The van der Waals surface area contributed by atoms with Crippen molar-refractivity contribution in [3.63, 3.8) is 0 Å². The van der Waals surface area contributed by atoms with Crippen LogP contribution in [-0.4, -0.2) is 36.3 Å². The fourth-order valence-electron chi connectivity index (χ4n) is 3.50. The van der Waals surface area contributed by atoms with E-state index in [0.717, 1.165) is 43.8 Å². The summed E-state index contributed by atoms with van der Waals surface area (Å²) in [5, 5.41) is 21.7. The average Bonchev–Trinajstić information content (AvgIpc) is 3.35. The van der Waals surface area contributed by atoms with Crippen LogP contribution in [0.2, 0.25) is 0 Å². The van der Waals surface area contributed by atoms with E-state index in [2.05, 4.69) is 26.5 Å². The number of aliphatic carboxylic acids is 1. The number of carboxylic acids is 1. The molecule has 0 radical (unpaired) electrons. The molecule has 5 aromatic rings. The van der Waals surface area contributed by atoms with Gasteiger partial charge < -0.3 is 9.84 Å². The first kappa shape index (κ1) is 22.0. The fraction of sp³-hybridized carbons (Fsp3) is 0.0741. The maximum atomic E-state index is 10.8. The molecule has 8 heteroatoms. The Hall–Kier alpha value is -4.85. The van der Waals surface area contributed by atoms with Gasteiger partial charge in [0.25, 0.3) is 0 Å². The first-order chi connectivity index (χ1) is 17.1. The van der Waals surface area contributed by atoms with E-state index in [9.17, 15) is 4.79 Å². The minimum absolute atomic E-state index is 0.321. The number of carboxylic acid groups (broad SMARTS) is 1. The van der Waals surface area contributed by atoms with Gasteiger partial charge in [-0.05, 0) is 40.6 Å². The number of nitrogens with zero attached hydrogens (tertiary/aromatic N) is 5. The number of rotatable bonds is 8. The molecule has 172 valence electrons. The van der Waals surface area contributed by atoms with Crippen LogP contribution in [0.15, 0.2) is 84.9 Å². The molecule has 0 aliphatic carbocycles. The van der Waals surface area contributed by atoms with Crippen molar-refractivity contribution in [1.29, 1.82) is 0 Å². The van der Waals surface area contributed by atoms with Crippen molar-refractivity contribution in [2.45, 2.75) is 13.2 Å². The summed E-state index contributed by atoms with van der Waals surface area (Å²) in [6.45, 7) is 0.0866. The van der Waals surface area contributed by atoms with Gasteiger partial charge in [0.15, 0.2) is 6.54 Å². The highest BCUT2D eigenvalue weighted by molar-refractivity contribution is 5.78. The van der Waals surface area contributed by atoms with E-state index in [4.69, 9.17) is 9.84 Å². The Morgan fingerprint density at radius 3 is 2.34 bits per heavy atom. The predicted molar refractivity (Wildman–Crippen MR) is 132 cm³/mol. The van der Waals surface area contributed by atoms with E-state index in [1.165, 1.54) is 0 Å². The van der Waals surface area contributed by atoms with Gasteiger partial charge in [-0.1, -0.05) is 72.8 Å². The number of tetrazole rings is 1. The second-order valence-electron chi connectivity index (χ2n) is 7.85. The Morgan fingerprint density at radius 1 is 0.886 bits per heavy atom. The molecule has 0 bridgehead atoms. The van der Waals surface area contributed by atoms with E-state index in [1.807, 2.05) is 91.0 Å². The van der Waals surface area contributed by atoms with Gasteiger partial charge in [-0.15, -0.1) is 10.2 Å². The zero-order valence-electron chi connectivity index (χ0n) is 18.7. The quantitative estimate of drug-likeness (QED) is 0.332. The molecule has 3 aromatic carbocycles. The van der Waals surface area contributed by atoms with Crippen LogP contribution >= 0.6 is 0 Å². The molecular weight excluding hydrogens is 442 g/mol. The molecule has 0 saturated heterocycles. The molecular formula is C27H21N5O3. The molecule has 0 aliphatic heterocycles. The summed E-state index contributed by atoms with van der Waals surface area (Å²) in [6, 6.07) is 27.6. The summed E-state index contributed by atoms with van der Waals surface area (Å²) < 4.78 is 5.90. The Labute approximate surface area is 201 Å². The molecule has 5 rings (SSSR count). The lowest BCUT2D eigenvalue weighted by atomic mass is 10.1. The number of aromatic nitrogens is 5. The minimum atomic E-state index is -1.02. The summed E-state index contributed by atoms with van der Waals surface area (Å²) in [4.78, 5) is 16.4. The van der Waals surface area contributed by atoms with Crippen molar-refractivity contribution in [3.05, 3.63) is 102 Å². The zero-order valence-corrected chi connectivity index (χ0v) is 18.7. The summed E-state index contributed by atoms with van der Waals surface area (Å²) in [6.07, 6.45) is 4.03. The topological polar surface area (TPSA) is 103 Å². The summed E-state index contributed by atoms with van der Waals surface area (Å²) in [5.74, 6) is 0.150. The molecule has 0 fully saturated rings. The second kappa shape index (κ2) is 9.96. The van der Waals surface area contributed by atoms with E-state index in [-0.39, 0.29) is 6.54 Å². The predicted octanol–water partition coefficient (Wildman–Crippen LogP) is 4.72. The number of fused-ring (bicyclic) bond motifs is 1. The van der Waals surface area contributed by atoms with Crippen LogP contribution in [0.25, 0.3) is 34.4 Å². The molecule has 35 heavy (non-hydrogen) atoms. The van der Waals surface area contributed by atoms with E-state index in [1.54, 1.807) is 0 Å². The molecule has 2 heterocycles. The third-order valence-corrected chi connectivity index (χ3v) is 5.29. The lowest BCUT2D eigenvalue weighted by Crippen LogP contribution is -2.11. The van der Waals surface area contributed by atoms with Gasteiger partial charge in [0, 0.05) is 10.9 Å². The first-order valence-corrected chi connectivity index (χ1v) is 11.0. The lowest BCUT2D eigenvalue weighted by Gasteiger charge is -2.07. The van der Waals surface area contributed by atoms with Crippen LogP contribution in [0.1, 0.15) is 16.8 Å². The Morgan fingerprint density at radius 2 is 1.60 bits per heavy atom. The number of pyridine rings is 1. The van der Waals surface area contributed by atoms with Gasteiger partial charge >= 0.3 is 5.97 Å². The third-order valence-electron chi connectivity index (χ3n) is 5.29. The van der Waals surface area contributed by atoms with Gasteiger partial charge in [-0.2, -0.15) is 4.80 Å². The van der Waals surface area contributed by atoms with Crippen LogP contribution in [0.4, 0.5) is 0 Å². The van der Waals surface area contributed by atoms with Gasteiger partial charge in [0.05, 0.1) is 11.2 Å². The highest BCUT2D eigenvalue weighted by Crippen LogP contribution is 2.19. The van der Waals surface area contributed by atoms with Gasteiger partial charge in [0.1, 0.15) is 12.4 Å². The van der Waals surface area contributed by atoms with Crippen LogP contribution in [-0.2, 0) is 17.9 Å². The van der Waals surface area contributed by atoms with Crippen molar-refractivity contribution < 1.29 is 14.6 Å². The van der Waals surface area contributed by atoms with Crippen molar-refractivity contribution in [2.75, 3.05) is 0 Å². The van der Waals surface area contributed by atoms with Crippen molar-refractivity contribution in [2.24, 2.45) is 0 Å². The third kappa shape index (κ3) is 5.56. The number of hydrogen-bond acceptors (Lipinski definition) is 6. The molecule has 2 aromatic heterocycles. The van der Waals surface area contributed by atoms with Gasteiger partial charge in [-0.25, -0.2) is 4.98 Å². The second-order valence-corrected chi connectivity index (χ2v) is 7.85. The number of benzene rings is 3. The molecule has 8 nitrogen and oxygen atoms in total. The van der Waals surface area contributed by atoms with Crippen molar-refractivity contribution in [3.8, 4) is 17.1 Å². The van der Waals surface area contributed by atoms with Crippen LogP contribution in [0, 0.1) is 0 Å². The SMILES string of the molecule is O=C(O)Cn1nnc(-c2ccc(/C=C/c3ccc(OCc4ccc5ccccc5n4)cc3)cc2)n1. The summed E-state index contributed by atoms with van der Waals surface area (Å²) >= 11 is 0. The molecule has 0 aliphatic rings. The zero-order chi connectivity index (χ0) is 24.0. The molecule has 0 unspecified atom stereocenters. The number of ether oxygens (including phenoxy) is 1.